The van der Waals surface area contributed by atoms with Crippen LogP contribution in [0.5, 0.6) is 0 Å². The molecular weight excluding hydrogens is 629 g/mol. The topological polar surface area (TPSA) is 86.8 Å². The molecule has 0 aliphatic rings. The van der Waals surface area contributed by atoms with E-state index in [1.165, 1.54) is 35.2 Å². The molecule has 7 nitrogen and oxygen atoms in total. The first-order valence-corrected chi connectivity index (χ1v) is 16.8. The zero-order valence-corrected chi connectivity index (χ0v) is 27.8. The normalized spacial score (nSPS) is 12.0. The number of nitrogens with zero attached hydrogens (tertiary/aromatic N) is 2. The number of nitrogens with one attached hydrogen (secondary N) is 1. The van der Waals surface area contributed by atoms with Gasteiger partial charge < -0.3 is 10.2 Å². The molecule has 0 heterocycles. The standard InChI is InChI=1S/C35H37Cl2N3O4S/c1-25(2)22-38-35(42)33(20-27-10-6-4-7-11-27)39(23-28-12-8-5-9-13-28)34(41)24-40(29-16-19-31(36)32(37)21-29)45(43,44)30-17-14-26(3)15-18-30/h4-19,21,25,33H,20,22-24H2,1-3H3,(H,38,42)/t33-/m1/s1. The van der Waals surface area contributed by atoms with Gasteiger partial charge in [0.1, 0.15) is 12.6 Å². The second kappa shape index (κ2) is 15.4. The van der Waals surface area contributed by atoms with Gasteiger partial charge in [-0.2, -0.15) is 0 Å². The Morgan fingerprint density at radius 3 is 1.98 bits per heavy atom. The van der Waals surface area contributed by atoms with Crippen LogP contribution in [0.25, 0.3) is 0 Å². The quantitative estimate of drug-likeness (QED) is 0.168. The predicted octanol–water partition coefficient (Wildman–Crippen LogP) is 6.91. The lowest BCUT2D eigenvalue weighted by Gasteiger charge is -2.34. The number of anilines is 1. The maximum absolute atomic E-state index is 14.5. The molecule has 0 aliphatic heterocycles. The average molecular weight is 667 g/mol. The van der Waals surface area contributed by atoms with Crippen LogP contribution in [0.4, 0.5) is 5.69 Å². The Morgan fingerprint density at radius 1 is 0.800 bits per heavy atom. The van der Waals surface area contributed by atoms with Gasteiger partial charge in [-0.05, 0) is 54.3 Å². The maximum atomic E-state index is 14.5. The average Bonchev–Trinajstić information content (AvgIpc) is 3.02. The van der Waals surface area contributed by atoms with Crippen molar-refractivity contribution >= 4 is 50.7 Å². The van der Waals surface area contributed by atoms with Crippen molar-refractivity contribution in [1.29, 1.82) is 0 Å². The monoisotopic (exact) mass is 665 g/mol. The molecule has 4 aromatic rings. The molecule has 0 saturated heterocycles. The summed E-state index contributed by atoms with van der Waals surface area (Å²) in [5.41, 5.74) is 2.71. The van der Waals surface area contributed by atoms with E-state index in [4.69, 9.17) is 23.2 Å². The smallest absolute Gasteiger partial charge is 0.264 e. The molecule has 10 heteroatoms. The Morgan fingerprint density at radius 2 is 1.40 bits per heavy atom. The van der Waals surface area contributed by atoms with Gasteiger partial charge in [-0.15, -0.1) is 0 Å². The Kier molecular flexibility index (Phi) is 11.7. The third-order valence-electron chi connectivity index (χ3n) is 7.23. The molecule has 0 aliphatic carbocycles. The van der Waals surface area contributed by atoms with Crippen LogP contribution in [0.3, 0.4) is 0 Å². The Balaban J connectivity index is 1.80. The van der Waals surface area contributed by atoms with Gasteiger partial charge in [0.2, 0.25) is 11.8 Å². The van der Waals surface area contributed by atoms with Crippen molar-refractivity contribution in [3.8, 4) is 0 Å². The lowest BCUT2D eigenvalue weighted by atomic mass is 10.0. The third kappa shape index (κ3) is 9.10. The van der Waals surface area contributed by atoms with Gasteiger partial charge in [-0.1, -0.05) is 115 Å². The SMILES string of the molecule is Cc1ccc(S(=O)(=O)N(CC(=O)N(Cc2ccccc2)[C@H](Cc2ccccc2)C(=O)NCC(C)C)c2ccc(Cl)c(Cl)c2)cc1. The van der Waals surface area contributed by atoms with E-state index in [1.807, 2.05) is 81.4 Å². The van der Waals surface area contributed by atoms with Gasteiger partial charge in [-0.25, -0.2) is 8.42 Å². The van der Waals surface area contributed by atoms with Crippen molar-refractivity contribution in [2.75, 3.05) is 17.4 Å². The predicted molar refractivity (Wildman–Crippen MR) is 181 cm³/mol. The van der Waals surface area contributed by atoms with E-state index in [-0.39, 0.29) is 45.4 Å². The molecule has 0 fully saturated rings. The molecule has 1 N–H and O–H groups in total. The van der Waals surface area contributed by atoms with Crippen molar-refractivity contribution in [3.05, 3.63) is 130 Å². The van der Waals surface area contributed by atoms with E-state index in [9.17, 15) is 18.0 Å². The van der Waals surface area contributed by atoms with E-state index in [1.54, 1.807) is 12.1 Å². The van der Waals surface area contributed by atoms with Crippen molar-refractivity contribution < 1.29 is 18.0 Å². The zero-order valence-electron chi connectivity index (χ0n) is 25.5. The molecule has 2 amide bonds. The highest BCUT2D eigenvalue weighted by atomic mass is 35.5. The van der Waals surface area contributed by atoms with Gasteiger partial charge in [0.15, 0.2) is 0 Å². The largest absolute Gasteiger partial charge is 0.354 e. The van der Waals surface area contributed by atoms with Crippen LogP contribution < -0.4 is 9.62 Å². The molecule has 0 saturated carbocycles. The van der Waals surface area contributed by atoms with E-state index in [0.717, 1.165) is 21.0 Å². The third-order valence-corrected chi connectivity index (χ3v) is 9.76. The highest BCUT2D eigenvalue weighted by Crippen LogP contribution is 2.31. The highest BCUT2D eigenvalue weighted by molar-refractivity contribution is 7.92. The molecule has 45 heavy (non-hydrogen) atoms. The van der Waals surface area contributed by atoms with Gasteiger partial charge in [0.05, 0.1) is 20.6 Å². The lowest BCUT2D eigenvalue weighted by molar-refractivity contribution is -0.140. The first-order chi connectivity index (χ1) is 21.5. The minimum Gasteiger partial charge on any atom is -0.354 e. The molecule has 1 atom stereocenters. The molecule has 0 aromatic heterocycles. The number of carbonyl (C=O) groups is 2. The fourth-order valence-electron chi connectivity index (χ4n) is 4.76. The summed E-state index contributed by atoms with van der Waals surface area (Å²) < 4.78 is 29.3. The van der Waals surface area contributed by atoms with Crippen LogP contribution in [0.15, 0.2) is 108 Å². The molecule has 0 radical (unpaired) electrons. The molecule has 4 aromatic carbocycles. The fraction of sp³-hybridized carbons (Fsp3) is 0.257. The summed E-state index contributed by atoms with van der Waals surface area (Å²) in [6, 6.07) is 28.6. The summed E-state index contributed by atoms with van der Waals surface area (Å²) in [7, 11) is -4.24. The molecule has 0 bridgehead atoms. The van der Waals surface area contributed by atoms with Gasteiger partial charge >= 0.3 is 0 Å². The van der Waals surface area contributed by atoms with Crippen LogP contribution in [-0.4, -0.2) is 44.3 Å². The zero-order chi connectivity index (χ0) is 32.6. The summed E-state index contributed by atoms with van der Waals surface area (Å²) in [6.07, 6.45) is 0.237. The second-order valence-corrected chi connectivity index (χ2v) is 14.0. The summed E-state index contributed by atoms with van der Waals surface area (Å²) in [5.74, 6) is -0.685. The number of sulfonamides is 1. The van der Waals surface area contributed by atoms with E-state index >= 15 is 0 Å². The number of aryl methyl sites for hydroxylation is 1. The molecule has 236 valence electrons. The van der Waals surface area contributed by atoms with Gasteiger partial charge in [-0.3, -0.25) is 13.9 Å². The van der Waals surface area contributed by atoms with Gasteiger partial charge in [0.25, 0.3) is 10.0 Å². The molecular formula is C35H37Cl2N3O4S. The number of benzene rings is 4. The van der Waals surface area contributed by atoms with Crippen molar-refractivity contribution in [3.63, 3.8) is 0 Å². The van der Waals surface area contributed by atoms with Crippen LogP contribution in [-0.2, 0) is 32.6 Å². The van der Waals surface area contributed by atoms with Crippen molar-refractivity contribution in [1.82, 2.24) is 10.2 Å². The number of halogens is 2. The molecule has 4 rings (SSSR count). The number of rotatable bonds is 13. The number of amides is 2. The highest BCUT2D eigenvalue weighted by Gasteiger charge is 2.34. The molecule has 0 unspecified atom stereocenters. The Labute approximate surface area is 275 Å². The van der Waals surface area contributed by atoms with Crippen LogP contribution in [0, 0.1) is 12.8 Å². The Hall–Kier alpha value is -3.85. The number of hydrogen-bond donors (Lipinski definition) is 1. The Bertz CT molecular complexity index is 1700. The summed E-state index contributed by atoms with van der Waals surface area (Å²) in [4.78, 5) is 29.8. The van der Waals surface area contributed by atoms with E-state index in [2.05, 4.69) is 5.32 Å². The van der Waals surface area contributed by atoms with Crippen molar-refractivity contribution in [2.45, 2.75) is 44.7 Å². The van der Waals surface area contributed by atoms with E-state index in [0.29, 0.717) is 6.54 Å². The van der Waals surface area contributed by atoms with Crippen LogP contribution in [0.1, 0.15) is 30.5 Å². The van der Waals surface area contributed by atoms with Crippen LogP contribution >= 0.6 is 23.2 Å². The minimum atomic E-state index is -4.24. The lowest BCUT2D eigenvalue weighted by Crippen LogP contribution is -2.53. The van der Waals surface area contributed by atoms with Gasteiger partial charge in [0, 0.05) is 19.5 Å². The van der Waals surface area contributed by atoms with E-state index < -0.39 is 28.5 Å². The maximum Gasteiger partial charge on any atom is 0.264 e. The summed E-state index contributed by atoms with van der Waals surface area (Å²) >= 11 is 12.5. The second-order valence-electron chi connectivity index (χ2n) is 11.3. The fourth-order valence-corrected chi connectivity index (χ4v) is 6.46. The first kappa shape index (κ1) is 34.0. The summed E-state index contributed by atoms with van der Waals surface area (Å²) in [5, 5.41) is 3.37. The summed E-state index contributed by atoms with van der Waals surface area (Å²) in [6.45, 7) is 5.77. The minimum absolute atomic E-state index is 0.0112. The first-order valence-electron chi connectivity index (χ1n) is 14.6. The molecule has 0 spiro atoms. The van der Waals surface area contributed by atoms with Crippen LogP contribution in [0.2, 0.25) is 10.0 Å². The number of carbonyl (C=O) groups excluding carboxylic acids is 2. The number of hydrogen-bond acceptors (Lipinski definition) is 4. The van der Waals surface area contributed by atoms with Crippen molar-refractivity contribution in [2.24, 2.45) is 5.92 Å².